The zero-order chi connectivity index (χ0) is 9.26. The minimum atomic E-state index is -0.136. The Morgan fingerprint density at radius 1 is 1.31 bits per heavy atom. The van der Waals surface area contributed by atoms with Gasteiger partial charge < -0.3 is 15.9 Å². The highest BCUT2D eigenvalue weighted by Crippen LogP contribution is 2.24. The van der Waals surface area contributed by atoms with Gasteiger partial charge in [0.2, 0.25) is 0 Å². The minimum absolute atomic E-state index is 0.136. The molecule has 0 saturated carbocycles. The van der Waals surface area contributed by atoms with Crippen molar-refractivity contribution < 1.29 is 4.42 Å². The fourth-order valence-corrected chi connectivity index (χ4v) is 1.41. The fraction of sp³-hybridized carbons (Fsp3) is 0.200. The number of nitrogens with two attached hydrogens (primary N) is 2. The maximum Gasteiger partial charge on any atom is 0.134 e. The fourth-order valence-electron chi connectivity index (χ4n) is 1.41. The van der Waals surface area contributed by atoms with E-state index in [1.807, 2.05) is 24.3 Å². The average molecular weight is 176 g/mol. The Morgan fingerprint density at radius 3 is 2.85 bits per heavy atom. The van der Waals surface area contributed by atoms with Gasteiger partial charge in [-0.05, 0) is 6.07 Å². The third kappa shape index (κ3) is 1.32. The predicted molar refractivity (Wildman–Crippen MR) is 52.2 cm³/mol. The Bertz CT molecular complexity index is 408. The third-order valence-corrected chi connectivity index (χ3v) is 2.16. The molecule has 0 fully saturated rings. The molecule has 4 N–H and O–H groups in total. The Labute approximate surface area is 76.3 Å². The molecule has 2 aromatic rings. The lowest BCUT2D eigenvalue weighted by atomic mass is 10.1. The zero-order valence-electron chi connectivity index (χ0n) is 7.23. The molecule has 0 aliphatic heterocycles. The molecule has 3 nitrogen and oxygen atoms in total. The van der Waals surface area contributed by atoms with Crippen molar-refractivity contribution in [3.63, 3.8) is 0 Å². The van der Waals surface area contributed by atoms with Crippen molar-refractivity contribution in [2.24, 2.45) is 11.5 Å². The van der Waals surface area contributed by atoms with Crippen molar-refractivity contribution in [2.75, 3.05) is 6.54 Å². The van der Waals surface area contributed by atoms with Crippen LogP contribution in [-0.2, 0) is 0 Å². The van der Waals surface area contributed by atoms with E-state index < -0.39 is 0 Å². The monoisotopic (exact) mass is 176 g/mol. The molecule has 2 rings (SSSR count). The number of furan rings is 1. The van der Waals surface area contributed by atoms with Crippen LogP contribution in [0, 0.1) is 0 Å². The highest BCUT2D eigenvalue weighted by Gasteiger charge is 2.10. The van der Waals surface area contributed by atoms with Gasteiger partial charge in [-0.15, -0.1) is 0 Å². The molecule has 0 bridgehead atoms. The molecule has 0 unspecified atom stereocenters. The van der Waals surface area contributed by atoms with Gasteiger partial charge in [-0.3, -0.25) is 0 Å². The van der Waals surface area contributed by atoms with Gasteiger partial charge in [0.1, 0.15) is 5.58 Å². The van der Waals surface area contributed by atoms with Gasteiger partial charge >= 0.3 is 0 Å². The van der Waals surface area contributed by atoms with E-state index in [0.29, 0.717) is 6.54 Å². The average Bonchev–Trinajstić information content (AvgIpc) is 2.60. The molecule has 0 saturated heterocycles. The van der Waals surface area contributed by atoms with Crippen molar-refractivity contribution >= 4 is 11.0 Å². The van der Waals surface area contributed by atoms with Crippen LogP contribution >= 0.6 is 0 Å². The van der Waals surface area contributed by atoms with Gasteiger partial charge in [0.05, 0.1) is 6.26 Å². The summed E-state index contributed by atoms with van der Waals surface area (Å²) in [5, 5.41) is 1.06. The van der Waals surface area contributed by atoms with E-state index in [4.69, 9.17) is 15.9 Å². The first kappa shape index (κ1) is 8.29. The molecule has 0 aliphatic carbocycles. The standard InChI is InChI=1S/C10H12N2O/c11-5-9(12)8-6-13-10-4-2-1-3-7(8)10/h1-4,6,9H,5,11-12H2/t9-/m0/s1. The molecule has 0 radical (unpaired) electrons. The van der Waals surface area contributed by atoms with Crippen LogP contribution in [0.5, 0.6) is 0 Å². The van der Waals surface area contributed by atoms with Crippen molar-refractivity contribution in [3.05, 3.63) is 36.1 Å². The highest BCUT2D eigenvalue weighted by molar-refractivity contribution is 5.81. The van der Waals surface area contributed by atoms with E-state index in [1.54, 1.807) is 6.26 Å². The van der Waals surface area contributed by atoms with Crippen molar-refractivity contribution in [1.82, 2.24) is 0 Å². The summed E-state index contributed by atoms with van der Waals surface area (Å²) < 4.78 is 5.34. The van der Waals surface area contributed by atoms with E-state index >= 15 is 0 Å². The van der Waals surface area contributed by atoms with Gasteiger partial charge in [-0.2, -0.15) is 0 Å². The number of rotatable bonds is 2. The largest absolute Gasteiger partial charge is 0.464 e. The Kier molecular flexibility index (Phi) is 2.04. The highest BCUT2D eigenvalue weighted by atomic mass is 16.3. The predicted octanol–water partition coefficient (Wildman–Crippen LogP) is 1.39. The molecule has 13 heavy (non-hydrogen) atoms. The summed E-state index contributed by atoms with van der Waals surface area (Å²) in [6.45, 7) is 0.434. The van der Waals surface area contributed by atoms with Crippen LogP contribution in [-0.4, -0.2) is 6.54 Å². The second-order valence-corrected chi connectivity index (χ2v) is 3.03. The van der Waals surface area contributed by atoms with Gasteiger partial charge in [-0.1, -0.05) is 18.2 Å². The number of fused-ring (bicyclic) bond motifs is 1. The molecule has 1 atom stereocenters. The van der Waals surface area contributed by atoms with Crippen LogP contribution in [0.2, 0.25) is 0 Å². The van der Waals surface area contributed by atoms with Gasteiger partial charge in [0, 0.05) is 23.5 Å². The normalized spacial score (nSPS) is 13.4. The molecule has 1 heterocycles. The first-order valence-electron chi connectivity index (χ1n) is 4.24. The molecule has 1 aromatic carbocycles. The maximum atomic E-state index is 5.82. The number of hydrogen-bond acceptors (Lipinski definition) is 3. The van der Waals surface area contributed by atoms with Crippen LogP contribution in [0.25, 0.3) is 11.0 Å². The summed E-state index contributed by atoms with van der Waals surface area (Å²) in [5.74, 6) is 0. The van der Waals surface area contributed by atoms with Gasteiger partial charge in [0.25, 0.3) is 0 Å². The van der Waals surface area contributed by atoms with Crippen LogP contribution in [0.1, 0.15) is 11.6 Å². The molecular weight excluding hydrogens is 164 g/mol. The zero-order valence-corrected chi connectivity index (χ0v) is 7.23. The Hall–Kier alpha value is -1.32. The Morgan fingerprint density at radius 2 is 2.08 bits per heavy atom. The number of hydrogen-bond donors (Lipinski definition) is 2. The van der Waals surface area contributed by atoms with Crippen LogP contribution in [0.3, 0.4) is 0 Å². The van der Waals surface area contributed by atoms with E-state index in [9.17, 15) is 0 Å². The summed E-state index contributed by atoms with van der Waals surface area (Å²) in [4.78, 5) is 0. The molecule has 3 heteroatoms. The second kappa shape index (κ2) is 3.20. The van der Waals surface area contributed by atoms with Crippen LogP contribution in [0.15, 0.2) is 34.9 Å². The maximum absolute atomic E-state index is 5.82. The minimum Gasteiger partial charge on any atom is -0.464 e. The first-order valence-corrected chi connectivity index (χ1v) is 4.24. The van der Waals surface area contributed by atoms with E-state index in [0.717, 1.165) is 16.5 Å². The topological polar surface area (TPSA) is 65.2 Å². The summed E-state index contributed by atoms with van der Waals surface area (Å²) in [6.07, 6.45) is 1.68. The summed E-state index contributed by atoms with van der Waals surface area (Å²) in [5.41, 5.74) is 13.2. The molecule has 0 aliphatic rings. The van der Waals surface area contributed by atoms with Crippen molar-refractivity contribution in [3.8, 4) is 0 Å². The van der Waals surface area contributed by atoms with Crippen LogP contribution in [0.4, 0.5) is 0 Å². The summed E-state index contributed by atoms with van der Waals surface area (Å²) >= 11 is 0. The quantitative estimate of drug-likeness (QED) is 0.726. The van der Waals surface area contributed by atoms with E-state index in [2.05, 4.69) is 0 Å². The van der Waals surface area contributed by atoms with E-state index in [-0.39, 0.29) is 6.04 Å². The van der Waals surface area contributed by atoms with Gasteiger partial charge in [-0.25, -0.2) is 0 Å². The number of benzene rings is 1. The molecule has 0 amide bonds. The molecular formula is C10H12N2O. The third-order valence-electron chi connectivity index (χ3n) is 2.16. The lowest BCUT2D eigenvalue weighted by Gasteiger charge is -2.04. The van der Waals surface area contributed by atoms with Gasteiger partial charge in [0.15, 0.2) is 0 Å². The second-order valence-electron chi connectivity index (χ2n) is 3.03. The molecule has 0 spiro atoms. The summed E-state index contributed by atoms with van der Waals surface area (Å²) in [6, 6.07) is 7.67. The molecule has 68 valence electrons. The lowest BCUT2D eigenvalue weighted by Crippen LogP contribution is -2.20. The SMILES string of the molecule is NC[C@H](N)c1coc2ccccc12. The Balaban J connectivity index is 2.57. The first-order chi connectivity index (χ1) is 6.33. The summed E-state index contributed by atoms with van der Waals surface area (Å²) in [7, 11) is 0. The number of para-hydroxylation sites is 1. The smallest absolute Gasteiger partial charge is 0.134 e. The lowest BCUT2D eigenvalue weighted by molar-refractivity contribution is 0.601. The van der Waals surface area contributed by atoms with Crippen molar-refractivity contribution in [1.29, 1.82) is 0 Å². The van der Waals surface area contributed by atoms with Crippen LogP contribution < -0.4 is 11.5 Å². The van der Waals surface area contributed by atoms with Crippen molar-refractivity contribution in [2.45, 2.75) is 6.04 Å². The van der Waals surface area contributed by atoms with E-state index in [1.165, 1.54) is 0 Å². The molecule has 1 aromatic heterocycles.